The Morgan fingerprint density at radius 1 is 1.21 bits per heavy atom. The lowest BCUT2D eigenvalue weighted by atomic mass is 9.79. The van der Waals surface area contributed by atoms with Crippen molar-refractivity contribution in [3.8, 4) is 17.2 Å². The number of aliphatic hydroxyl groups is 1. The zero-order chi connectivity index (χ0) is 17.0. The number of rotatable bonds is 6. The maximum atomic E-state index is 10.6. The Bertz CT molecular complexity index is 534. The van der Waals surface area contributed by atoms with Gasteiger partial charge in [-0.25, -0.2) is 0 Å². The molecule has 138 valence electrons. The van der Waals surface area contributed by atoms with Crippen LogP contribution in [-0.4, -0.2) is 62.1 Å². The Balaban J connectivity index is 0.00000288. The molecule has 1 fully saturated rings. The number of halogens is 1. The molecule has 0 amide bonds. The van der Waals surface area contributed by atoms with Crippen molar-refractivity contribution >= 4 is 12.4 Å². The van der Waals surface area contributed by atoms with E-state index in [4.69, 9.17) is 9.47 Å². The van der Waals surface area contributed by atoms with Crippen LogP contribution in [-0.2, 0) is 0 Å². The van der Waals surface area contributed by atoms with Crippen LogP contribution in [0.1, 0.15) is 25.5 Å². The zero-order valence-corrected chi connectivity index (χ0v) is 15.7. The van der Waals surface area contributed by atoms with E-state index in [0.717, 1.165) is 26.2 Å². The highest BCUT2D eigenvalue weighted by molar-refractivity contribution is 5.85. The molecule has 0 unspecified atom stereocenters. The van der Waals surface area contributed by atoms with Crippen molar-refractivity contribution in [2.45, 2.75) is 19.9 Å². The highest BCUT2D eigenvalue weighted by Gasteiger charge is 2.39. The maximum Gasteiger partial charge on any atom is 0.131 e. The molecule has 0 radical (unpaired) electrons. The third kappa shape index (κ3) is 4.25. The van der Waals surface area contributed by atoms with Gasteiger partial charge >= 0.3 is 0 Å². The zero-order valence-electron chi connectivity index (χ0n) is 14.8. The van der Waals surface area contributed by atoms with E-state index in [1.807, 2.05) is 13.8 Å². The van der Waals surface area contributed by atoms with Crippen LogP contribution in [0.4, 0.5) is 0 Å². The quantitative estimate of drug-likeness (QED) is 0.718. The summed E-state index contributed by atoms with van der Waals surface area (Å²) in [7, 11) is 3.14. The van der Waals surface area contributed by atoms with E-state index in [9.17, 15) is 10.2 Å². The van der Waals surface area contributed by atoms with Gasteiger partial charge in [0.2, 0.25) is 0 Å². The minimum absolute atomic E-state index is 0. The Morgan fingerprint density at radius 2 is 1.83 bits per heavy atom. The van der Waals surface area contributed by atoms with Crippen LogP contribution in [0.15, 0.2) is 12.1 Å². The van der Waals surface area contributed by atoms with Crippen molar-refractivity contribution in [2.75, 3.05) is 47.0 Å². The number of nitrogens with one attached hydrogen (secondary N) is 1. The maximum absolute atomic E-state index is 10.6. The average Bonchev–Trinajstić information content (AvgIpc) is 2.57. The van der Waals surface area contributed by atoms with Gasteiger partial charge in [-0.1, -0.05) is 13.8 Å². The Hall–Kier alpha value is -1.21. The van der Waals surface area contributed by atoms with Crippen molar-refractivity contribution in [3.05, 3.63) is 17.7 Å². The summed E-state index contributed by atoms with van der Waals surface area (Å²) in [6.07, 6.45) is 0. The summed E-state index contributed by atoms with van der Waals surface area (Å²) >= 11 is 0. The highest BCUT2D eigenvalue weighted by Crippen LogP contribution is 2.47. The van der Waals surface area contributed by atoms with Gasteiger partial charge in [0.15, 0.2) is 0 Å². The van der Waals surface area contributed by atoms with E-state index in [-0.39, 0.29) is 30.8 Å². The molecule has 0 bridgehead atoms. The van der Waals surface area contributed by atoms with E-state index in [1.54, 1.807) is 26.4 Å². The van der Waals surface area contributed by atoms with Crippen LogP contribution in [0.5, 0.6) is 17.2 Å². The van der Waals surface area contributed by atoms with Gasteiger partial charge in [0.05, 0.1) is 19.8 Å². The number of piperazine rings is 1. The molecule has 24 heavy (non-hydrogen) atoms. The number of benzene rings is 1. The molecule has 1 aromatic rings. The molecule has 1 aromatic carbocycles. The van der Waals surface area contributed by atoms with Gasteiger partial charge in [0.1, 0.15) is 17.2 Å². The smallest absolute Gasteiger partial charge is 0.131 e. The van der Waals surface area contributed by atoms with Crippen molar-refractivity contribution in [3.63, 3.8) is 0 Å². The van der Waals surface area contributed by atoms with Gasteiger partial charge in [-0.05, 0) is 0 Å². The molecule has 3 N–H and O–H groups in total. The van der Waals surface area contributed by atoms with E-state index in [0.29, 0.717) is 17.1 Å². The summed E-state index contributed by atoms with van der Waals surface area (Å²) < 4.78 is 10.7. The minimum atomic E-state index is -0.434. The molecule has 2 rings (SSSR count). The van der Waals surface area contributed by atoms with Gasteiger partial charge in [-0.3, -0.25) is 4.90 Å². The summed E-state index contributed by atoms with van der Waals surface area (Å²) in [6, 6.07) is 3.22. The first kappa shape index (κ1) is 20.8. The molecule has 1 saturated heterocycles. The van der Waals surface area contributed by atoms with Gasteiger partial charge in [0, 0.05) is 56.4 Å². The van der Waals surface area contributed by atoms with Crippen molar-refractivity contribution in [1.82, 2.24) is 10.2 Å². The fourth-order valence-electron chi connectivity index (χ4n) is 3.24. The number of ether oxygens (including phenoxy) is 2. The van der Waals surface area contributed by atoms with Gasteiger partial charge in [-0.15, -0.1) is 12.4 Å². The Morgan fingerprint density at radius 3 is 2.33 bits per heavy atom. The second kappa shape index (κ2) is 8.76. The number of hydrogen-bond donors (Lipinski definition) is 3. The SMILES string of the molecule is COc1cc(O)c([C@@H](N2CCNCC2)C(C)(C)CO)c(OC)c1.Cl. The number of aromatic hydroxyl groups is 1. The molecule has 0 saturated carbocycles. The van der Waals surface area contributed by atoms with Crippen molar-refractivity contribution < 1.29 is 19.7 Å². The normalized spacial score (nSPS) is 17.0. The minimum Gasteiger partial charge on any atom is -0.507 e. The van der Waals surface area contributed by atoms with E-state index in [2.05, 4.69) is 10.2 Å². The molecule has 1 heterocycles. The first-order valence-electron chi connectivity index (χ1n) is 7.95. The van der Waals surface area contributed by atoms with Crippen LogP contribution in [0, 0.1) is 5.41 Å². The van der Waals surface area contributed by atoms with E-state index >= 15 is 0 Å². The van der Waals surface area contributed by atoms with E-state index < -0.39 is 5.41 Å². The summed E-state index contributed by atoms with van der Waals surface area (Å²) in [5.41, 5.74) is 0.269. The summed E-state index contributed by atoms with van der Waals surface area (Å²) in [5.74, 6) is 1.25. The number of phenols is 1. The number of hydrogen-bond acceptors (Lipinski definition) is 6. The lowest BCUT2D eigenvalue weighted by molar-refractivity contribution is 0.0279. The highest BCUT2D eigenvalue weighted by atomic mass is 35.5. The molecule has 1 aliphatic heterocycles. The lowest BCUT2D eigenvalue weighted by Gasteiger charge is -2.44. The van der Waals surface area contributed by atoms with Crippen molar-refractivity contribution in [1.29, 1.82) is 0 Å². The monoisotopic (exact) mass is 360 g/mol. The summed E-state index contributed by atoms with van der Waals surface area (Å²) in [6.45, 7) is 7.49. The van der Waals surface area contributed by atoms with Crippen molar-refractivity contribution in [2.24, 2.45) is 5.41 Å². The average molecular weight is 361 g/mol. The predicted octanol–water partition coefficient (Wildman–Crippen LogP) is 1.80. The molecule has 6 nitrogen and oxygen atoms in total. The molecule has 1 aliphatic rings. The third-order valence-electron chi connectivity index (χ3n) is 4.49. The predicted molar refractivity (Wildman–Crippen MR) is 96.5 cm³/mol. The van der Waals surface area contributed by atoms with Gasteiger partial charge in [-0.2, -0.15) is 0 Å². The number of methoxy groups -OCH3 is 2. The lowest BCUT2D eigenvalue weighted by Crippen LogP contribution is -2.49. The second-order valence-electron chi connectivity index (χ2n) is 6.60. The third-order valence-corrected chi connectivity index (χ3v) is 4.49. The van der Waals surface area contributed by atoms with Crippen LogP contribution in [0.3, 0.4) is 0 Å². The standard InChI is InChI=1S/C17H28N2O4.ClH/c1-17(2,11-20)16(19-7-5-18-6-8-19)15-13(21)9-12(22-3)10-14(15)23-4;/h9-10,16,18,20-21H,5-8,11H2,1-4H3;1H/t16-;/m1./s1. The largest absolute Gasteiger partial charge is 0.507 e. The van der Waals surface area contributed by atoms with Crippen LogP contribution in [0.2, 0.25) is 0 Å². The second-order valence-corrected chi connectivity index (χ2v) is 6.60. The molecule has 0 aromatic heterocycles. The molecule has 1 atom stereocenters. The number of nitrogens with zero attached hydrogens (tertiary/aromatic N) is 1. The molecule has 0 spiro atoms. The Labute approximate surface area is 150 Å². The molecular weight excluding hydrogens is 332 g/mol. The Kier molecular flexibility index (Phi) is 7.60. The van der Waals surface area contributed by atoms with Crippen LogP contribution >= 0.6 is 12.4 Å². The fourth-order valence-corrected chi connectivity index (χ4v) is 3.24. The van der Waals surface area contributed by atoms with Gasteiger partial charge in [0.25, 0.3) is 0 Å². The summed E-state index contributed by atoms with van der Waals surface area (Å²) in [5, 5.41) is 23.9. The molecule has 7 heteroatoms. The first-order valence-corrected chi connectivity index (χ1v) is 7.95. The van der Waals surface area contributed by atoms with Crippen LogP contribution < -0.4 is 14.8 Å². The topological polar surface area (TPSA) is 74.2 Å². The molecule has 0 aliphatic carbocycles. The molecular formula is C17H29ClN2O4. The number of aliphatic hydroxyl groups excluding tert-OH is 1. The summed E-state index contributed by atoms with van der Waals surface area (Å²) in [4.78, 5) is 2.29. The fraction of sp³-hybridized carbons (Fsp3) is 0.647. The number of phenolic OH excluding ortho intramolecular Hbond substituents is 1. The van der Waals surface area contributed by atoms with Crippen LogP contribution in [0.25, 0.3) is 0 Å². The van der Waals surface area contributed by atoms with E-state index in [1.165, 1.54) is 0 Å². The van der Waals surface area contributed by atoms with Gasteiger partial charge < -0.3 is 25.0 Å². The first-order chi connectivity index (χ1) is 10.9.